The van der Waals surface area contributed by atoms with E-state index in [1.165, 1.54) is 42.1 Å². The van der Waals surface area contributed by atoms with Gasteiger partial charge in [0.1, 0.15) is 5.82 Å². The first-order chi connectivity index (χ1) is 12.9. The highest BCUT2D eigenvalue weighted by atomic mass is 19.1. The molecule has 0 radical (unpaired) electrons. The maximum Gasteiger partial charge on any atom is 0.330 e. The van der Waals surface area contributed by atoms with Crippen LogP contribution in [0.2, 0.25) is 0 Å². The van der Waals surface area contributed by atoms with E-state index in [4.69, 9.17) is 0 Å². The van der Waals surface area contributed by atoms with E-state index in [2.05, 4.69) is 0 Å². The second-order valence-corrected chi connectivity index (χ2v) is 6.84. The fraction of sp³-hybridized carbons (Fsp3) is 0.350. The summed E-state index contributed by atoms with van der Waals surface area (Å²) < 4.78 is 15.7. The number of hydrogen-bond donors (Lipinski definition) is 0. The third-order valence-corrected chi connectivity index (χ3v) is 4.90. The molecule has 1 saturated heterocycles. The largest absolute Gasteiger partial charge is 0.336 e. The number of benzene rings is 1. The van der Waals surface area contributed by atoms with E-state index >= 15 is 0 Å². The van der Waals surface area contributed by atoms with Gasteiger partial charge in [0, 0.05) is 39.0 Å². The molecule has 0 saturated carbocycles. The van der Waals surface area contributed by atoms with Gasteiger partial charge < -0.3 is 9.47 Å². The van der Waals surface area contributed by atoms with Crippen LogP contribution in [0.15, 0.2) is 46.1 Å². The van der Waals surface area contributed by atoms with Crippen molar-refractivity contribution in [2.45, 2.75) is 25.3 Å². The Balaban J connectivity index is 1.76. The van der Waals surface area contributed by atoms with Crippen LogP contribution < -0.4 is 11.2 Å². The summed E-state index contributed by atoms with van der Waals surface area (Å²) in [4.78, 5) is 38.3. The van der Waals surface area contributed by atoms with Crippen molar-refractivity contribution in [3.8, 4) is 0 Å². The van der Waals surface area contributed by atoms with Crippen LogP contribution in [0.5, 0.6) is 0 Å². The minimum Gasteiger partial charge on any atom is -0.336 e. The summed E-state index contributed by atoms with van der Waals surface area (Å²) in [7, 11) is 2.95. The summed E-state index contributed by atoms with van der Waals surface area (Å²) in [5.74, 6) is -0.474. The zero-order valence-corrected chi connectivity index (χ0v) is 15.4. The van der Waals surface area contributed by atoms with Crippen molar-refractivity contribution in [3.63, 3.8) is 0 Å². The number of likely N-dealkylation sites (tertiary alicyclic amines) is 1. The van der Waals surface area contributed by atoms with Crippen molar-refractivity contribution in [1.82, 2.24) is 14.0 Å². The van der Waals surface area contributed by atoms with E-state index in [1.54, 1.807) is 18.0 Å². The van der Waals surface area contributed by atoms with Gasteiger partial charge in [0.2, 0.25) is 5.91 Å². The lowest BCUT2D eigenvalue weighted by Crippen LogP contribution is -2.38. The molecule has 1 atom stereocenters. The second kappa shape index (κ2) is 7.73. The van der Waals surface area contributed by atoms with Crippen LogP contribution in [-0.2, 0) is 25.3 Å². The van der Waals surface area contributed by atoms with Crippen molar-refractivity contribution < 1.29 is 9.18 Å². The lowest BCUT2D eigenvalue weighted by molar-refractivity contribution is -0.126. The Labute approximate surface area is 156 Å². The van der Waals surface area contributed by atoms with Gasteiger partial charge in [-0.3, -0.25) is 14.2 Å². The van der Waals surface area contributed by atoms with Gasteiger partial charge in [0.05, 0.1) is 5.56 Å². The smallest absolute Gasteiger partial charge is 0.330 e. The van der Waals surface area contributed by atoms with Gasteiger partial charge in [0.15, 0.2) is 0 Å². The Kier molecular flexibility index (Phi) is 5.39. The Morgan fingerprint density at radius 3 is 2.81 bits per heavy atom. The Bertz CT molecular complexity index is 1010. The molecule has 0 spiro atoms. The molecule has 0 unspecified atom stereocenters. The molecule has 1 aromatic heterocycles. The van der Waals surface area contributed by atoms with Crippen LogP contribution in [0.25, 0.3) is 6.08 Å². The van der Waals surface area contributed by atoms with E-state index in [-0.39, 0.29) is 23.3 Å². The van der Waals surface area contributed by atoms with E-state index < -0.39 is 11.2 Å². The van der Waals surface area contributed by atoms with Crippen LogP contribution in [0, 0.1) is 5.82 Å². The molecular weight excluding hydrogens is 349 g/mol. The summed E-state index contributed by atoms with van der Waals surface area (Å²) in [6, 6.07) is 6.42. The van der Waals surface area contributed by atoms with Gasteiger partial charge in [-0.25, -0.2) is 9.18 Å². The highest BCUT2D eigenvalue weighted by molar-refractivity contribution is 5.92. The molecule has 0 N–H and O–H groups in total. The minimum atomic E-state index is -0.445. The fourth-order valence-corrected chi connectivity index (χ4v) is 3.48. The number of aromatic nitrogens is 2. The Morgan fingerprint density at radius 2 is 2.07 bits per heavy atom. The number of carbonyl (C=O) groups excluding carboxylic acids is 1. The van der Waals surface area contributed by atoms with Crippen LogP contribution in [0.1, 0.15) is 24.0 Å². The maximum absolute atomic E-state index is 13.4. The van der Waals surface area contributed by atoms with Crippen molar-refractivity contribution in [2.75, 3.05) is 6.54 Å². The quantitative estimate of drug-likeness (QED) is 0.765. The number of hydrogen-bond acceptors (Lipinski definition) is 3. The van der Waals surface area contributed by atoms with Gasteiger partial charge in [-0.15, -0.1) is 0 Å². The van der Waals surface area contributed by atoms with E-state index in [9.17, 15) is 18.8 Å². The lowest BCUT2D eigenvalue weighted by Gasteiger charge is -2.23. The van der Waals surface area contributed by atoms with E-state index in [0.717, 1.165) is 23.0 Å². The fourth-order valence-electron chi connectivity index (χ4n) is 3.48. The SMILES string of the molecule is Cn1cc(/C=C/C(=O)N2CCC[C@H]2Cc2cccc(F)c2)c(=O)n(C)c1=O. The summed E-state index contributed by atoms with van der Waals surface area (Å²) in [6.45, 7) is 0.633. The minimum absolute atomic E-state index is 0.00640. The molecule has 2 aromatic rings. The molecule has 1 aromatic carbocycles. The predicted molar refractivity (Wildman–Crippen MR) is 101 cm³/mol. The summed E-state index contributed by atoms with van der Waals surface area (Å²) in [5, 5.41) is 0. The Morgan fingerprint density at radius 1 is 1.30 bits per heavy atom. The standard InChI is InChI=1S/C20H22FN3O3/c1-22-13-15(19(26)23(2)20(22)27)8-9-18(25)24-10-4-7-17(24)12-14-5-3-6-16(21)11-14/h3,5-6,8-9,11,13,17H,4,7,10,12H2,1-2H3/b9-8+/t17-/m0/s1. The first-order valence-corrected chi connectivity index (χ1v) is 8.86. The van der Waals surface area contributed by atoms with E-state index in [1.807, 2.05) is 6.07 Å². The molecule has 1 aliphatic heterocycles. The highest BCUT2D eigenvalue weighted by Crippen LogP contribution is 2.22. The molecule has 142 valence electrons. The number of nitrogens with zero attached hydrogens (tertiary/aromatic N) is 3. The molecule has 27 heavy (non-hydrogen) atoms. The summed E-state index contributed by atoms with van der Waals surface area (Å²) in [6.07, 6.45) is 6.58. The van der Waals surface area contributed by atoms with Crippen LogP contribution >= 0.6 is 0 Å². The normalized spacial score (nSPS) is 17.0. The molecule has 0 bridgehead atoms. The van der Waals surface area contributed by atoms with Gasteiger partial charge in [-0.1, -0.05) is 12.1 Å². The topological polar surface area (TPSA) is 64.3 Å². The molecule has 1 fully saturated rings. The van der Waals surface area contributed by atoms with Crippen LogP contribution in [0.3, 0.4) is 0 Å². The van der Waals surface area contributed by atoms with Crippen molar-refractivity contribution in [3.05, 3.63) is 74.3 Å². The highest BCUT2D eigenvalue weighted by Gasteiger charge is 2.27. The zero-order valence-electron chi connectivity index (χ0n) is 15.4. The third kappa shape index (κ3) is 4.07. The van der Waals surface area contributed by atoms with Gasteiger partial charge in [-0.05, 0) is 43.0 Å². The predicted octanol–water partition coefficient (Wildman–Crippen LogP) is 1.47. The number of amides is 1. The molecule has 0 aliphatic carbocycles. The van der Waals surface area contributed by atoms with Gasteiger partial charge >= 0.3 is 5.69 Å². The molecule has 7 heteroatoms. The monoisotopic (exact) mass is 371 g/mol. The van der Waals surface area contributed by atoms with Gasteiger partial charge in [0.25, 0.3) is 5.56 Å². The molecule has 3 rings (SSSR count). The van der Waals surface area contributed by atoms with Crippen molar-refractivity contribution >= 4 is 12.0 Å². The van der Waals surface area contributed by atoms with Gasteiger partial charge in [-0.2, -0.15) is 0 Å². The number of aryl methyl sites for hydroxylation is 1. The number of carbonyl (C=O) groups is 1. The third-order valence-electron chi connectivity index (χ3n) is 4.90. The summed E-state index contributed by atoms with van der Waals surface area (Å²) >= 11 is 0. The molecule has 1 aliphatic rings. The maximum atomic E-state index is 13.4. The average Bonchev–Trinajstić information content (AvgIpc) is 3.10. The first kappa shape index (κ1) is 18.8. The van der Waals surface area contributed by atoms with Crippen molar-refractivity contribution in [1.29, 1.82) is 0 Å². The Hall–Kier alpha value is -2.96. The van der Waals surface area contributed by atoms with Crippen LogP contribution in [-0.4, -0.2) is 32.5 Å². The zero-order chi connectivity index (χ0) is 19.6. The number of halogens is 1. The number of rotatable bonds is 4. The molecule has 6 nitrogen and oxygen atoms in total. The second-order valence-electron chi connectivity index (χ2n) is 6.84. The molecular formula is C20H22FN3O3. The van der Waals surface area contributed by atoms with Crippen molar-refractivity contribution in [2.24, 2.45) is 14.1 Å². The molecule has 2 heterocycles. The first-order valence-electron chi connectivity index (χ1n) is 8.86. The lowest BCUT2D eigenvalue weighted by atomic mass is 10.0. The van der Waals surface area contributed by atoms with Crippen LogP contribution in [0.4, 0.5) is 4.39 Å². The average molecular weight is 371 g/mol. The molecule has 1 amide bonds. The summed E-state index contributed by atoms with van der Waals surface area (Å²) in [5.41, 5.74) is 0.266. The van der Waals surface area contributed by atoms with E-state index in [0.29, 0.717) is 13.0 Å².